The molecule has 4 aromatic heterocycles. The van der Waals surface area contributed by atoms with Crippen LogP contribution in [0.4, 0.5) is 5.82 Å². The molecule has 0 amide bonds. The van der Waals surface area contributed by atoms with Gasteiger partial charge in [0, 0.05) is 22.8 Å². The van der Waals surface area contributed by atoms with Crippen molar-refractivity contribution in [1.82, 2.24) is 15.0 Å². The summed E-state index contributed by atoms with van der Waals surface area (Å²) in [4.78, 5) is 16.2. The van der Waals surface area contributed by atoms with Crippen LogP contribution in [0, 0.1) is 0 Å². The number of rotatable bonds is 5. The summed E-state index contributed by atoms with van der Waals surface area (Å²) >= 11 is 1.75. The lowest BCUT2D eigenvalue weighted by molar-refractivity contribution is 0.0476. The van der Waals surface area contributed by atoms with Gasteiger partial charge in [-0.2, -0.15) is 0 Å². The molecule has 0 saturated heterocycles. The average molecular weight is 392 g/mol. The number of fused-ring (bicyclic) bond motifs is 3. The molecule has 0 spiro atoms. The van der Waals surface area contributed by atoms with Crippen LogP contribution in [0.3, 0.4) is 0 Å². The number of aryl methyl sites for hydroxylation is 2. The van der Waals surface area contributed by atoms with Gasteiger partial charge in [0.2, 0.25) is 0 Å². The Labute approximate surface area is 166 Å². The van der Waals surface area contributed by atoms with Crippen LogP contribution in [0.25, 0.3) is 21.6 Å². The zero-order chi connectivity index (χ0) is 19.1. The Morgan fingerprint density at radius 2 is 2.18 bits per heavy atom. The number of pyridine rings is 1. The fraction of sp³-hybridized carbons (Fsp3) is 0.286. The highest BCUT2D eigenvalue weighted by Gasteiger charge is 2.28. The Balaban J connectivity index is 1.58. The lowest BCUT2D eigenvalue weighted by atomic mass is 10.0. The largest absolute Gasteiger partial charge is 0.466 e. The van der Waals surface area contributed by atoms with Crippen LogP contribution < -0.4 is 5.32 Å². The summed E-state index contributed by atoms with van der Waals surface area (Å²) in [6.45, 7) is 2.01. The molecule has 142 valence electrons. The monoisotopic (exact) mass is 392 g/mol. The Kier molecular flexibility index (Phi) is 4.14. The molecule has 0 bridgehead atoms. The molecule has 0 fully saturated rings. The van der Waals surface area contributed by atoms with Gasteiger partial charge in [0.25, 0.3) is 0 Å². The Hall–Kier alpha value is -2.77. The first-order valence-corrected chi connectivity index (χ1v) is 10.2. The fourth-order valence-electron chi connectivity index (χ4n) is 3.68. The van der Waals surface area contributed by atoms with Gasteiger partial charge in [0.15, 0.2) is 5.82 Å². The van der Waals surface area contributed by atoms with Gasteiger partial charge >= 0.3 is 0 Å². The lowest BCUT2D eigenvalue weighted by Crippen LogP contribution is -2.30. The minimum atomic E-state index is -1.14. The molecule has 0 radical (unpaired) electrons. The third-order valence-electron chi connectivity index (χ3n) is 5.14. The first-order valence-electron chi connectivity index (χ1n) is 9.35. The van der Waals surface area contributed by atoms with Gasteiger partial charge in [-0.15, -0.1) is 11.3 Å². The maximum absolute atomic E-state index is 10.8. The van der Waals surface area contributed by atoms with Crippen molar-refractivity contribution < 1.29 is 9.52 Å². The smallest absolute Gasteiger partial charge is 0.164 e. The van der Waals surface area contributed by atoms with E-state index in [4.69, 9.17) is 14.4 Å². The summed E-state index contributed by atoms with van der Waals surface area (Å²) < 4.78 is 5.40. The van der Waals surface area contributed by atoms with Crippen molar-refractivity contribution in [2.75, 3.05) is 11.9 Å². The van der Waals surface area contributed by atoms with E-state index in [-0.39, 0.29) is 6.54 Å². The van der Waals surface area contributed by atoms with E-state index in [1.54, 1.807) is 49.1 Å². The summed E-state index contributed by atoms with van der Waals surface area (Å²) in [5.41, 5.74) is 1.07. The highest BCUT2D eigenvalue weighted by Crippen LogP contribution is 2.40. The summed E-state index contributed by atoms with van der Waals surface area (Å²) in [6.07, 6.45) is 8.40. The number of anilines is 1. The van der Waals surface area contributed by atoms with Gasteiger partial charge in [0.05, 0.1) is 18.2 Å². The number of thiophene rings is 1. The van der Waals surface area contributed by atoms with Crippen LogP contribution in [-0.2, 0) is 18.4 Å². The van der Waals surface area contributed by atoms with E-state index in [2.05, 4.69) is 10.3 Å². The van der Waals surface area contributed by atoms with Crippen molar-refractivity contribution in [3.63, 3.8) is 0 Å². The average Bonchev–Trinajstić information content (AvgIpc) is 3.43. The zero-order valence-electron chi connectivity index (χ0n) is 15.5. The van der Waals surface area contributed by atoms with Crippen LogP contribution >= 0.6 is 11.3 Å². The summed E-state index contributed by atoms with van der Waals surface area (Å²) in [5.74, 6) is 1.92. The minimum Gasteiger partial charge on any atom is -0.466 e. The highest BCUT2D eigenvalue weighted by molar-refractivity contribution is 7.19. The van der Waals surface area contributed by atoms with Crippen molar-refractivity contribution in [3.8, 4) is 11.4 Å². The second-order valence-electron chi connectivity index (χ2n) is 7.28. The maximum Gasteiger partial charge on any atom is 0.164 e. The quantitative estimate of drug-likeness (QED) is 0.531. The first kappa shape index (κ1) is 17.3. The molecule has 1 atom stereocenters. The van der Waals surface area contributed by atoms with Crippen LogP contribution in [0.1, 0.15) is 29.5 Å². The number of aromatic nitrogens is 3. The van der Waals surface area contributed by atoms with Gasteiger partial charge in [-0.1, -0.05) is 0 Å². The van der Waals surface area contributed by atoms with Gasteiger partial charge in [-0.05, 0) is 56.0 Å². The Morgan fingerprint density at radius 1 is 1.25 bits per heavy atom. The van der Waals surface area contributed by atoms with Crippen molar-refractivity contribution in [2.24, 2.45) is 0 Å². The van der Waals surface area contributed by atoms with Crippen LogP contribution in [-0.4, -0.2) is 26.6 Å². The molecule has 1 aliphatic rings. The van der Waals surface area contributed by atoms with Gasteiger partial charge in [-0.25, -0.2) is 9.97 Å². The molecule has 0 saturated carbocycles. The topological polar surface area (TPSA) is 84.1 Å². The SMILES string of the molecule is CC(O)(CNc1nc(-c2cccnc2)nc2sc3c(c12)CCC3)c1ccco1. The normalized spacial score (nSPS) is 15.5. The standard InChI is InChI=1S/C21H20N4O2S/c1-21(26,16-8-4-10-27-16)12-23-19-17-14-6-2-7-15(14)28-20(17)25-18(24-19)13-5-3-9-22-11-13/h3-5,8-11,26H,2,6-7,12H2,1H3,(H,23,24,25). The summed E-state index contributed by atoms with van der Waals surface area (Å²) in [5, 5.41) is 15.3. The van der Waals surface area contributed by atoms with Gasteiger partial charge < -0.3 is 14.8 Å². The van der Waals surface area contributed by atoms with E-state index in [1.807, 2.05) is 12.1 Å². The maximum atomic E-state index is 10.8. The molecule has 4 aromatic rings. The predicted octanol–water partition coefficient (Wildman–Crippen LogP) is 4.15. The molecule has 6 nitrogen and oxygen atoms in total. The number of nitrogens with one attached hydrogen (secondary N) is 1. The van der Waals surface area contributed by atoms with Gasteiger partial charge in [-0.3, -0.25) is 4.98 Å². The number of hydrogen-bond donors (Lipinski definition) is 2. The van der Waals surface area contributed by atoms with Crippen molar-refractivity contribution in [2.45, 2.75) is 31.8 Å². The van der Waals surface area contributed by atoms with Crippen LogP contribution in [0.15, 0.2) is 47.3 Å². The third kappa shape index (κ3) is 2.96. The first-order chi connectivity index (χ1) is 13.6. The van der Waals surface area contributed by atoms with Gasteiger partial charge in [0.1, 0.15) is 22.0 Å². The highest BCUT2D eigenvalue weighted by atomic mass is 32.1. The van der Waals surface area contributed by atoms with E-state index in [1.165, 1.54) is 16.9 Å². The van der Waals surface area contributed by atoms with Crippen LogP contribution in [0.5, 0.6) is 0 Å². The Bertz CT molecular complexity index is 1120. The Morgan fingerprint density at radius 3 is 2.96 bits per heavy atom. The third-order valence-corrected chi connectivity index (χ3v) is 6.32. The summed E-state index contributed by atoms with van der Waals surface area (Å²) in [6, 6.07) is 7.39. The minimum absolute atomic E-state index is 0.281. The number of furan rings is 1. The molecule has 7 heteroatoms. The predicted molar refractivity (Wildman–Crippen MR) is 109 cm³/mol. The second-order valence-corrected chi connectivity index (χ2v) is 8.36. The van der Waals surface area contributed by atoms with Crippen molar-refractivity contribution in [3.05, 3.63) is 59.1 Å². The fourth-order valence-corrected chi connectivity index (χ4v) is 4.94. The molecule has 0 aromatic carbocycles. The van der Waals surface area contributed by atoms with Crippen molar-refractivity contribution in [1.29, 1.82) is 0 Å². The van der Waals surface area contributed by atoms with E-state index in [0.29, 0.717) is 11.6 Å². The van der Waals surface area contributed by atoms with Crippen LogP contribution in [0.2, 0.25) is 0 Å². The molecule has 2 N–H and O–H groups in total. The number of aliphatic hydroxyl groups is 1. The van der Waals surface area contributed by atoms with E-state index in [9.17, 15) is 5.11 Å². The number of nitrogens with zero attached hydrogens (tertiary/aromatic N) is 3. The molecular weight excluding hydrogens is 372 g/mol. The van der Waals surface area contributed by atoms with E-state index >= 15 is 0 Å². The van der Waals surface area contributed by atoms with Crippen molar-refractivity contribution >= 4 is 27.4 Å². The summed E-state index contributed by atoms with van der Waals surface area (Å²) in [7, 11) is 0. The number of hydrogen-bond acceptors (Lipinski definition) is 7. The molecule has 5 rings (SSSR count). The van der Waals surface area contributed by atoms with E-state index in [0.717, 1.165) is 34.4 Å². The molecule has 1 aliphatic carbocycles. The molecule has 1 unspecified atom stereocenters. The lowest BCUT2D eigenvalue weighted by Gasteiger charge is -2.22. The molecular formula is C21H20N4O2S. The molecule has 4 heterocycles. The second kappa shape index (κ2) is 6.68. The molecule has 28 heavy (non-hydrogen) atoms. The molecule has 0 aliphatic heterocycles. The van der Waals surface area contributed by atoms with E-state index < -0.39 is 5.60 Å². The zero-order valence-corrected chi connectivity index (χ0v) is 16.3.